The Morgan fingerprint density at radius 3 is 2.74 bits per heavy atom. The van der Waals surface area contributed by atoms with Crippen molar-refractivity contribution >= 4 is 22.4 Å². The third-order valence-corrected chi connectivity index (χ3v) is 4.51. The molecule has 1 aromatic heterocycles. The molecule has 1 heterocycles. The Morgan fingerprint density at radius 1 is 1.15 bits per heavy atom. The van der Waals surface area contributed by atoms with E-state index in [1.165, 1.54) is 11.3 Å². The highest BCUT2D eigenvalue weighted by molar-refractivity contribution is 7.15. The number of carbonyl (C=O) groups is 1. The second-order valence-corrected chi connectivity index (χ2v) is 7.21. The normalized spacial score (nSPS) is 10.7. The number of nitrogens with one attached hydrogen (secondary N) is 1. The van der Waals surface area contributed by atoms with Crippen LogP contribution < -0.4 is 14.8 Å². The summed E-state index contributed by atoms with van der Waals surface area (Å²) >= 11 is 1.35. The van der Waals surface area contributed by atoms with Gasteiger partial charge in [-0.15, -0.1) is 10.2 Å². The molecule has 2 aromatic carbocycles. The molecule has 27 heavy (non-hydrogen) atoms. The average Bonchev–Trinajstić information content (AvgIpc) is 3.08. The van der Waals surface area contributed by atoms with Gasteiger partial charge in [-0.2, -0.15) is 0 Å². The van der Waals surface area contributed by atoms with Crippen molar-refractivity contribution in [3.05, 3.63) is 64.7 Å². The highest BCUT2D eigenvalue weighted by Gasteiger charge is 2.15. The van der Waals surface area contributed by atoms with E-state index in [9.17, 15) is 4.79 Å². The number of hydrogen-bond donors (Lipinski definition) is 1. The summed E-state index contributed by atoms with van der Waals surface area (Å²) in [5.41, 5.74) is 1.54. The zero-order valence-corrected chi connectivity index (χ0v) is 16.2. The van der Waals surface area contributed by atoms with Crippen LogP contribution in [0.3, 0.4) is 0 Å². The summed E-state index contributed by atoms with van der Waals surface area (Å²) < 4.78 is 10.9. The monoisotopic (exact) mass is 383 g/mol. The second-order valence-electron chi connectivity index (χ2n) is 6.15. The molecule has 6 nitrogen and oxygen atoms in total. The number of para-hydroxylation sites is 1. The van der Waals surface area contributed by atoms with E-state index in [1.54, 1.807) is 25.3 Å². The number of nitrogens with zero attached hydrogens (tertiary/aromatic N) is 2. The van der Waals surface area contributed by atoms with Crippen molar-refractivity contribution in [1.82, 2.24) is 10.2 Å². The quantitative estimate of drug-likeness (QED) is 0.663. The molecule has 0 aliphatic carbocycles. The number of methoxy groups -OCH3 is 1. The largest absolute Gasteiger partial charge is 0.497 e. The fourth-order valence-electron chi connectivity index (χ4n) is 2.51. The molecule has 0 aliphatic rings. The molecule has 0 radical (unpaired) electrons. The van der Waals surface area contributed by atoms with Crippen LogP contribution in [0, 0.1) is 0 Å². The number of aromatic nitrogens is 2. The van der Waals surface area contributed by atoms with Crippen LogP contribution in [0.1, 0.15) is 34.8 Å². The molecule has 0 fully saturated rings. The second kappa shape index (κ2) is 8.64. The molecule has 1 N–H and O–H groups in total. The molecule has 1 amide bonds. The Bertz CT molecular complexity index is 924. The standard InChI is InChI=1S/C20H21N3O3S/c1-13(2)26-17-10-5-4-9-16(17)19(24)21-20-23-22-18(27-20)12-14-7-6-8-15(11-14)25-3/h4-11,13H,12H2,1-3H3,(H,21,23,24). The highest BCUT2D eigenvalue weighted by Crippen LogP contribution is 2.24. The number of hydrogen-bond acceptors (Lipinski definition) is 6. The van der Waals surface area contributed by atoms with Crippen LogP contribution in [0.5, 0.6) is 11.5 Å². The van der Waals surface area contributed by atoms with Crippen molar-refractivity contribution in [1.29, 1.82) is 0 Å². The lowest BCUT2D eigenvalue weighted by Gasteiger charge is -2.13. The zero-order chi connectivity index (χ0) is 19.2. The van der Waals surface area contributed by atoms with E-state index in [2.05, 4.69) is 15.5 Å². The van der Waals surface area contributed by atoms with E-state index < -0.39 is 0 Å². The van der Waals surface area contributed by atoms with Gasteiger partial charge in [-0.05, 0) is 43.7 Å². The van der Waals surface area contributed by atoms with Crippen LogP contribution in [0.2, 0.25) is 0 Å². The number of rotatable bonds is 7. The summed E-state index contributed by atoms with van der Waals surface area (Å²) in [5, 5.41) is 12.3. The lowest BCUT2D eigenvalue weighted by molar-refractivity contribution is 0.102. The molecule has 0 aliphatic heterocycles. The molecule has 0 bridgehead atoms. The third-order valence-electron chi connectivity index (χ3n) is 3.67. The molecule has 140 valence electrons. The van der Waals surface area contributed by atoms with Gasteiger partial charge < -0.3 is 9.47 Å². The Kier molecular flexibility index (Phi) is 6.03. The van der Waals surface area contributed by atoms with Crippen LogP contribution in [0.4, 0.5) is 5.13 Å². The maximum atomic E-state index is 12.6. The Hall–Kier alpha value is -2.93. The van der Waals surface area contributed by atoms with Gasteiger partial charge in [-0.3, -0.25) is 10.1 Å². The lowest BCUT2D eigenvalue weighted by Crippen LogP contribution is -2.15. The van der Waals surface area contributed by atoms with E-state index in [0.29, 0.717) is 22.9 Å². The van der Waals surface area contributed by atoms with Gasteiger partial charge >= 0.3 is 0 Å². The van der Waals surface area contributed by atoms with Gasteiger partial charge in [0.1, 0.15) is 16.5 Å². The van der Waals surface area contributed by atoms with Gasteiger partial charge in [0.25, 0.3) is 5.91 Å². The topological polar surface area (TPSA) is 73.3 Å². The van der Waals surface area contributed by atoms with Crippen LogP contribution in [-0.2, 0) is 6.42 Å². The maximum absolute atomic E-state index is 12.6. The predicted molar refractivity (Wildman–Crippen MR) is 106 cm³/mol. The van der Waals surface area contributed by atoms with E-state index in [4.69, 9.17) is 9.47 Å². The summed E-state index contributed by atoms with van der Waals surface area (Å²) in [7, 11) is 1.64. The lowest BCUT2D eigenvalue weighted by atomic mass is 10.1. The van der Waals surface area contributed by atoms with Gasteiger partial charge in [-0.25, -0.2) is 0 Å². The summed E-state index contributed by atoms with van der Waals surface area (Å²) in [5.74, 6) is 1.08. The van der Waals surface area contributed by atoms with Crippen molar-refractivity contribution in [2.45, 2.75) is 26.4 Å². The first-order chi connectivity index (χ1) is 13.0. The summed E-state index contributed by atoms with van der Waals surface area (Å²) in [4.78, 5) is 12.6. The van der Waals surface area contributed by atoms with Crippen LogP contribution in [0.25, 0.3) is 0 Å². The van der Waals surface area contributed by atoms with Crippen LogP contribution >= 0.6 is 11.3 Å². The first-order valence-electron chi connectivity index (χ1n) is 8.57. The zero-order valence-electron chi connectivity index (χ0n) is 15.4. The molecule has 7 heteroatoms. The Balaban J connectivity index is 1.69. The minimum absolute atomic E-state index is 0.0186. The van der Waals surface area contributed by atoms with Crippen molar-refractivity contribution < 1.29 is 14.3 Å². The van der Waals surface area contributed by atoms with E-state index in [0.717, 1.165) is 16.3 Å². The molecule has 0 saturated heterocycles. The summed E-state index contributed by atoms with van der Waals surface area (Å²) in [6, 6.07) is 14.9. The van der Waals surface area contributed by atoms with Gasteiger partial charge in [0, 0.05) is 6.42 Å². The smallest absolute Gasteiger partial charge is 0.261 e. The minimum atomic E-state index is -0.268. The van der Waals surface area contributed by atoms with Crippen molar-refractivity contribution in [3.63, 3.8) is 0 Å². The number of amides is 1. The summed E-state index contributed by atoms with van der Waals surface area (Å²) in [6.07, 6.45) is 0.604. The average molecular weight is 383 g/mol. The summed E-state index contributed by atoms with van der Waals surface area (Å²) in [6.45, 7) is 3.84. The number of carbonyl (C=O) groups excluding carboxylic acids is 1. The maximum Gasteiger partial charge on any atom is 0.261 e. The van der Waals surface area contributed by atoms with Gasteiger partial charge in [0.05, 0.1) is 18.8 Å². The molecule has 0 saturated carbocycles. The molecule has 0 atom stereocenters. The SMILES string of the molecule is COc1cccc(Cc2nnc(NC(=O)c3ccccc3OC(C)C)s2)c1. The van der Waals surface area contributed by atoms with Gasteiger partial charge in [0.15, 0.2) is 0 Å². The van der Waals surface area contributed by atoms with Gasteiger partial charge in [0.2, 0.25) is 5.13 Å². The number of anilines is 1. The highest BCUT2D eigenvalue weighted by atomic mass is 32.1. The van der Waals surface area contributed by atoms with E-state index in [-0.39, 0.29) is 12.0 Å². The van der Waals surface area contributed by atoms with Gasteiger partial charge in [-0.1, -0.05) is 35.6 Å². The fraction of sp³-hybridized carbons (Fsp3) is 0.250. The van der Waals surface area contributed by atoms with Crippen molar-refractivity contribution in [2.24, 2.45) is 0 Å². The van der Waals surface area contributed by atoms with Crippen molar-refractivity contribution in [3.8, 4) is 11.5 Å². The van der Waals surface area contributed by atoms with E-state index >= 15 is 0 Å². The molecular formula is C20H21N3O3S. The van der Waals surface area contributed by atoms with Crippen LogP contribution in [-0.4, -0.2) is 29.3 Å². The fourth-order valence-corrected chi connectivity index (χ4v) is 3.28. The van der Waals surface area contributed by atoms with Crippen LogP contribution in [0.15, 0.2) is 48.5 Å². The molecule has 3 aromatic rings. The number of benzene rings is 2. The first-order valence-corrected chi connectivity index (χ1v) is 9.39. The first kappa shape index (κ1) is 18.8. The molecular weight excluding hydrogens is 362 g/mol. The Morgan fingerprint density at radius 2 is 1.96 bits per heavy atom. The molecule has 3 rings (SSSR count). The Labute approximate surface area is 162 Å². The molecule has 0 spiro atoms. The van der Waals surface area contributed by atoms with Crippen molar-refractivity contribution in [2.75, 3.05) is 12.4 Å². The van der Waals surface area contributed by atoms with E-state index in [1.807, 2.05) is 44.2 Å². The number of ether oxygens (including phenoxy) is 2. The molecule has 0 unspecified atom stereocenters. The minimum Gasteiger partial charge on any atom is -0.497 e. The predicted octanol–water partition coefficient (Wildman–Crippen LogP) is 4.18. The third kappa shape index (κ3) is 5.04.